The molecule has 2 heterocycles. The van der Waals surface area contributed by atoms with Crippen molar-refractivity contribution in [2.45, 2.75) is 69.2 Å². The second kappa shape index (κ2) is 30.9. The molecule has 2 nitrogen and oxygen atoms in total. The van der Waals surface area contributed by atoms with E-state index in [1.54, 1.807) is 18.5 Å². The van der Waals surface area contributed by atoms with Crippen LogP contribution in [0.4, 0.5) is 4.39 Å². The van der Waals surface area contributed by atoms with Crippen molar-refractivity contribution in [2.75, 3.05) is 0 Å². The van der Waals surface area contributed by atoms with Crippen molar-refractivity contribution in [1.82, 2.24) is 9.97 Å². The second-order valence-electron chi connectivity index (χ2n) is 14.9. The highest BCUT2D eigenvalue weighted by Crippen LogP contribution is 2.08. The Balaban J connectivity index is 0.000000350. The largest absolute Gasteiger partial charge is 0.264 e. The SMILES string of the molecule is CC(C)/C=C/c1cccc(F)c1.CC(C)/C=C/c1ccccc1.CC(C)/C=C/c1ccccc1.CC(C)/C=C/c1ccccn1.CC(C)/C=C/c1cccnc1. The molecule has 5 rings (SSSR count). The Morgan fingerprint density at radius 2 is 0.804 bits per heavy atom. The number of hydrogen-bond donors (Lipinski definition) is 0. The number of hydrogen-bond acceptors (Lipinski definition) is 2. The summed E-state index contributed by atoms with van der Waals surface area (Å²) < 4.78 is 12.7. The lowest BCUT2D eigenvalue weighted by molar-refractivity contribution is 0.627. The number of pyridine rings is 2. The fourth-order valence-corrected chi connectivity index (χ4v) is 4.19. The fourth-order valence-electron chi connectivity index (χ4n) is 4.19. The Kier molecular flexibility index (Phi) is 26.8. The zero-order valence-corrected chi connectivity index (χ0v) is 35.6. The third-order valence-electron chi connectivity index (χ3n) is 7.17. The summed E-state index contributed by atoms with van der Waals surface area (Å²) in [5.41, 5.74) is 5.67. The second-order valence-corrected chi connectivity index (χ2v) is 14.9. The van der Waals surface area contributed by atoms with E-state index < -0.39 is 0 Å². The molecule has 3 heteroatoms. The normalized spacial score (nSPS) is 11.2. The minimum absolute atomic E-state index is 0.180. The molecular formula is C53H67FN2. The number of benzene rings is 3. The highest BCUT2D eigenvalue weighted by Gasteiger charge is 1.91. The Labute approximate surface area is 340 Å². The van der Waals surface area contributed by atoms with Gasteiger partial charge in [-0.15, -0.1) is 0 Å². The summed E-state index contributed by atoms with van der Waals surface area (Å²) in [6.07, 6.45) is 26.6. The molecule has 0 N–H and O–H groups in total. The molecule has 3 aromatic carbocycles. The van der Waals surface area contributed by atoms with Crippen LogP contribution in [-0.2, 0) is 0 Å². The smallest absolute Gasteiger partial charge is 0.123 e. The first-order valence-corrected chi connectivity index (χ1v) is 19.9. The molecule has 0 saturated heterocycles. The highest BCUT2D eigenvalue weighted by molar-refractivity contribution is 5.50. The van der Waals surface area contributed by atoms with E-state index >= 15 is 0 Å². The van der Waals surface area contributed by atoms with Crippen LogP contribution in [0, 0.1) is 35.4 Å². The van der Waals surface area contributed by atoms with Gasteiger partial charge in [-0.25, -0.2) is 4.39 Å². The average Bonchev–Trinajstić information content (AvgIpc) is 3.19. The third kappa shape index (κ3) is 29.0. The third-order valence-corrected chi connectivity index (χ3v) is 7.17. The lowest BCUT2D eigenvalue weighted by Crippen LogP contribution is -1.80. The van der Waals surface area contributed by atoms with Gasteiger partial charge in [0.05, 0.1) is 5.69 Å². The molecule has 0 fully saturated rings. The van der Waals surface area contributed by atoms with Crippen molar-refractivity contribution in [3.8, 4) is 0 Å². The van der Waals surface area contributed by atoms with Crippen molar-refractivity contribution < 1.29 is 4.39 Å². The topological polar surface area (TPSA) is 25.8 Å². The van der Waals surface area contributed by atoms with Crippen molar-refractivity contribution in [1.29, 1.82) is 0 Å². The van der Waals surface area contributed by atoms with Crippen molar-refractivity contribution >= 4 is 30.4 Å². The maximum Gasteiger partial charge on any atom is 0.123 e. The molecule has 0 unspecified atom stereocenters. The van der Waals surface area contributed by atoms with Crippen LogP contribution in [0.2, 0.25) is 0 Å². The summed E-state index contributed by atoms with van der Waals surface area (Å²) in [5.74, 6) is 2.80. The summed E-state index contributed by atoms with van der Waals surface area (Å²) in [7, 11) is 0. The minimum Gasteiger partial charge on any atom is -0.264 e. The Hall–Kier alpha value is -5.41. The van der Waals surface area contributed by atoms with Gasteiger partial charge in [0, 0.05) is 18.6 Å². The standard InChI is InChI=1S/C11H13F.2C11H14.2C10H13N/c1-9(2)6-7-10-4-3-5-11(12)8-10;2*1-10(2)8-9-11-6-4-3-5-7-11;1-9(2)5-6-10-4-3-7-11-8-10;1-9(2)6-7-10-5-3-4-8-11-10/h3-9H,1-2H3;2*3-10H,1-2H3;2*3-9H,1-2H3/b7-6+;2*9-8+;6-5+;7-6+. The van der Waals surface area contributed by atoms with Crippen molar-refractivity contribution in [2.24, 2.45) is 29.6 Å². The first kappa shape index (κ1) is 48.6. The van der Waals surface area contributed by atoms with Crippen LogP contribution in [0.1, 0.15) is 97.2 Å². The monoisotopic (exact) mass is 751 g/mol. The van der Waals surface area contributed by atoms with Crippen molar-refractivity contribution in [3.05, 3.63) is 198 Å². The quantitative estimate of drug-likeness (QED) is 0.142. The fraction of sp³-hybridized carbons (Fsp3) is 0.283. The van der Waals surface area contributed by atoms with Gasteiger partial charge in [-0.05, 0) is 88.3 Å². The first-order chi connectivity index (χ1) is 26.8. The predicted molar refractivity (Wildman–Crippen MR) is 247 cm³/mol. The van der Waals surface area contributed by atoms with Gasteiger partial charge in [-0.1, -0.05) is 209 Å². The van der Waals surface area contributed by atoms with Gasteiger partial charge in [0.1, 0.15) is 5.82 Å². The van der Waals surface area contributed by atoms with Crippen LogP contribution >= 0.6 is 0 Å². The molecular weight excluding hydrogens is 684 g/mol. The van der Waals surface area contributed by atoms with Gasteiger partial charge in [0.15, 0.2) is 0 Å². The molecule has 0 aliphatic carbocycles. The van der Waals surface area contributed by atoms with E-state index in [2.05, 4.69) is 176 Å². The van der Waals surface area contributed by atoms with Crippen LogP contribution in [0.25, 0.3) is 30.4 Å². The summed E-state index contributed by atoms with van der Waals surface area (Å²) in [4.78, 5) is 8.18. The van der Waals surface area contributed by atoms with E-state index in [1.807, 2.05) is 66.9 Å². The van der Waals surface area contributed by atoms with Gasteiger partial charge in [0.25, 0.3) is 0 Å². The molecule has 0 radical (unpaired) electrons. The van der Waals surface area contributed by atoms with E-state index in [-0.39, 0.29) is 5.82 Å². The van der Waals surface area contributed by atoms with Crippen LogP contribution in [-0.4, -0.2) is 9.97 Å². The Bertz CT molecular complexity index is 1590. The van der Waals surface area contributed by atoms with Crippen LogP contribution in [0.15, 0.2) is 164 Å². The van der Waals surface area contributed by atoms with E-state index in [9.17, 15) is 4.39 Å². The van der Waals surface area contributed by atoms with E-state index in [4.69, 9.17) is 0 Å². The molecule has 5 aromatic rings. The molecule has 56 heavy (non-hydrogen) atoms. The molecule has 0 saturated carbocycles. The number of allylic oxidation sites excluding steroid dienone is 5. The summed E-state index contributed by atoms with van der Waals surface area (Å²) in [6.45, 7) is 21.5. The molecule has 2 aromatic heterocycles. The van der Waals surface area contributed by atoms with Gasteiger partial charge in [0.2, 0.25) is 0 Å². The maximum absolute atomic E-state index is 12.7. The Morgan fingerprint density at radius 3 is 1.21 bits per heavy atom. The summed E-state index contributed by atoms with van der Waals surface area (Å²) in [5, 5.41) is 0. The zero-order chi connectivity index (χ0) is 41.4. The molecule has 0 aliphatic heterocycles. The van der Waals surface area contributed by atoms with Gasteiger partial charge >= 0.3 is 0 Å². The van der Waals surface area contributed by atoms with Crippen LogP contribution in [0.5, 0.6) is 0 Å². The lowest BCUT2D eigenvalue weighted by Gasteiger charge is -1.95. The summed E-state index contributed by atoms with van der Waals surface area (Å²) >= 11 is 0. The van der Waals surface area contributed by atoms with Gasteiger partial charge < -0.3 is 0 Å². The number of halogens is 1. The predicted octanol–water partition coefficient (Wildman–Crippen LogP) is 15.7. The van der Waals surface area contributed by atoms with Crippen molar-refractivity contribution in [3.63, 3.8) is 0 Å². The lowest BCUT2D eigenvalue weighted by atomic mass is 10.1. The van der Waals surface area contributed by atoms with Crippen LogP contribution < -0.4 is 0 Å². The first-order valence-electron chi connectivity index (χ1n) is 19.9. The molecule has 0 atom stereocenters. The van der Waals surface area contributed by atoms with E-state index in [1.165, 1.54) is 28.8 Å². The molecule has 0 bridgehead atoms. The van der Waals surface area contributed by atoms with Gasteiger partial charge in [-0.2, -0.15) is 0 Å². The van der Waals surface area contributed by atoms with E-state index in [0.29, 0.717) is 29.6 Å². The van der Waals surface area contributed by atoms with E-state index in [0.717, 1.165) is 11.3 Å². The maximum atomic E-state index is 12.7. The summed E-state index contributed by atoms with van der Waals surface area (Å²) in [6, 6.07) is 37.2. The zero-order valence-electron chi connectivity index (χ0n) is 35.6. The number of aromatic nitrogens is 2. The highest BCUT2D eigenvalue weighted by atomic mass is 19.1. The molecule has 0 aliphatic rings. The molecule has 0 amide bonds. The molecule has 296 valence electrons. The number of nitrogens with zero attached hydrogens (tertiary/aromatic N) is 2. The number of rotatable bonds is 10. The average molecular weight is 751 g/mol. The molecule has 0 spiro atoms. The van der Waals surface area contributed by atoms with Crippen LogP contribution in [0.3, 0.4) is 0 Å². The van der Waals surface area contributed by atoms with Gasteiger partial charge in [-0.3, -0.25) is 9.97 Å². The Morgan fingerprint density at radius 1 is 0.393 bits per heavy atom. The minimum atomic E-state index is -0.180.